The number of amides is 1. The Kier molecular flexibility index (Phi) is 5.82. The van der Waals surface area contributed by atoms with Gasteiger partial charge in [-0.25, -0.2) is 0 Å². The number of rotatable bonds is 5. The lowest BCUT2D eigenvalue weighted by atomic mass is 10.1. The van der Waals surface area contributed by atoms with E-state index >= 15 is 0 Å². The molecule has 3 aromatic rings. The van der Waals surface area contributed by atoms with Crippen molar-refractivity contribution in [2.75, 3.05) is 0 Å². The maximum Gasteiger partial charge on any atom is 0.416 e. The van der Waals surface area contributed by atoms with Crippen molar-refractivity contribution in [3.05, 3.63) is 81.0 Å². The van der Waals surface area contributed by atoms with Crippen molar-refractivity contribution in [3.8, 4) is 5.69 Å². The molecule has 1 aromatic carbocycles. The molecule has 158 valence electrons. The van der Waals surface area contributed by atoms with Crippen LogP contribution in [0.15, 0.2) is 47.4 Å². The van der Waals surface area contributed by atoms with Gasteiger partial charge >= 0.3 is 6.18 Å². The van der Waals surface area contributed by atoms with Gasteiger partial charge in [0.05, 0.1) is 11.3 Å². The van der Waals surface area contributed by atoms with Crippen LogP contribution in [0.25, 0.3) is 5.69 Å². The Bertz CT molecular complexity index is 1150. The summed E-state index contributed by atoms with van der Waals surface area (Å²) in [6, 6.07) is 7.34. The number of nitrogens with zero attached hydrogens (tertiary/aromatic N) is 3. The van der Waals surface area contributed by atoms with Gasteiger partial charge in [0.15, 0.2) is 0 Å². The first kappa shape index (κ1) is 21.4. The highest BCUT2D eigenvalue weighted by Crippen LogP contribution is 2.30. The summed E-state index contributed by atoms with van der Waals surface area (Å²) in [5.74, 6) is -0.607. The van der Waals surface area contributed by atoms with Gasteiger partial charge in [0.1, 0.15) is 5.56 Å². The Hall–Kier alpha value is -3.36. The first-order chi connectivity index (χ1) is 14.1. The predicted octanol–water partition coefficient (Wildman–Crippen LogP) is 3.62. The summed E-state index contributed by atoms with van der Waals surface area (Å²) in [5.41, 5.74) is 0.326. The third-order valence-electron chi connectivity index (χ3n) is 4.77. The first-order valence-corrected chi connectivity index (χ1v) is 9.33. The zero-order valence-electron chi connectivity index (χ0n) is 16.7. The minimum atomic E-state index is -4.54. The summed E-state index contributed by atoms with van der Waals surface area (Å²) in [7, 11) is 0. The van der Waals surface area contributed by atoms with Gasteiger partial charge in [0.2, 0.25) is 0 Å². The van der Waals surface area contributed by atoms with E-state index in [1.54, 1.807) is 11.6 Å². The van der Waals surface area contributed by atoms with Crippen LogP contribution in [-0.4, -0.2) is 20.3 Å². The monoisotopic (exact) mass is 418 g/mol. The molecule has 3 rings (SSSR count). The first-order valence-electron chi connectivity index (χ1n) is 9.33. The Morgan fingerprint density at radius 1 is 1.17 bits per heavy atom. The second-order valence-corrected chi connectivity index (χ2v) is 6.86. The zero-order chi connectivity index (χ0) is 22.1. The highest BCUT2D eigenvalue weighted by molar-refractivity contribution is 5.93. The molecule has 9 heteroatoms. The maximum atomic E-state index is 13.1. The average Bonchev–Trinajstić information content (AvgIpc) is 3.06. The summed E-state index contributed by atoms with van der Waals surface area (Å²) in [5, 5.41) is 6.98. The number of carbonyl (C=O) groups is 1. The molecule has 1 N–H and O–H groups in total. The topological polar surface area (TPSA) is 68.9 Å². The van der Waals surface area contributed by atoms with Crippen molar-refractivity contribution in [1.29, 1.82) is 0 Å². The molecule has 0 bridgehead atoms. The number of carbonyl (C=O) groups excluding carboxylic acids is 1. The molecule has 0 saturated heterocycles. The van der Waals surface area contributed by atoms with Crippen molar-refractivity contribution in [3.63, 3.8) is 0 Å². The lowest BCUT2D eigenvalue weighted by Gasteiger charge is -2.14. The van der Waals surface area contributed by atoms with Crippen LogP contribution in [0.2, 0.25) is 0 Å². The van der Waals surface area contributed by atoms with Crippen LogP contribution in [0.1, 0.15) is 39.8 Å². The van der Waals surface area contributed by atoms with Crippen LogP contribution in [0.5, 0.6) is 0 Å². The highest BCUT2D eigenvalue weighted by Gasteiger charge is 2.30. The zero-order valence-corrected chi connectivity index (χ0v) is 16.7. The fraction of sp³-hybridized carbons (Fsp3) is 0.286. The molecule has 0 atom stereocenters. The molecule has 0 aliphatic carbocycles. The van der Waals surface area contributed by atoms with Crippen molar-refractivity contribution in [2.24, 2.45) is 0 Å². The molecule has 30 heavy (non-hydrogen) atoms. The quantitative estimate of drug-likeness (QED) is 0.688. The van der Waals surface area contributed by atoms with Crippen molar-refractivity contribution >= 4 is 5.91 Å². The number of hydrogen-bond acceptors (Lipinski definition) is 3. The van der Waals surface area contributed by atoms with E-state index < -0.39 is 23.2 Å². The summed E-state index contributed by atoms with van der Waals surface area (Å²) >= 11 is 0. The summed E-state index contributed by atoms with van der Waals surface area (Å²) in [4.78, 5) is 25.5. The van der Waals surface area contributed by atoms with E-state index in [1.165, 1.54) is 24.3 Å². The minimum absolute atomic E-state index is 0.0436. The van der Waals surface area contributed by atoms with Crippen LogP contribution in [0.4, 0.5) is 13.2 Å². The van der Waals surface area contributed by atoms with Gasteiger partial charge in [0.25, 0.3) is 11.5 Å². The number of aromatic nitrogens is 3. The molecule has 2 aromatic heterocycles. The van der Waals surface area contributed by atoms with Crippen molar-refractivity contribution < 1.29 is 18.0 Å². The molecule has 0 aliphatic rings. The Labute approximate surface area is 171 Å². The largest absolute Gasteiger partial charge is 0.416 e. The molecule has 0 aliphatic heterocycles. The third-order valence-corrected chi connectivity index (χ3v) is 4.77. The van der Waals surface area contributed by atoms with E-state index in [-0.39, 0.29) is 17.8 Å². The maximum absolute atomic E-state index is 13.1. The van der Waals surface area contributed by atoms with E-state index in [1.807, 2.05) is 20.0 Å². The molecule has 0 fully saturated rings. The predicted molar refractivity (Wildman–Crippen MR) is 106 cm³/mol. The van der Waals surface area contributed by atoms with E-state index in [0.717, 1.165) is 28.0 Å². The molecular formula is C21H21F3N4O2. The minimum Gasteiger partial charge on any atom is -0.348 e. The molecule has 1 amide bonds. The van der Waals surface area contributed by atoms with E-state index in [4.69, 9.17) is 0 Å². The van der Waals surface area contributed by atoms with E-state index in [9.17, 15) is 22.8 Å². The second kappa shape index (κ2) is 8.17. The number of hydrogen-bond donors (Lipinski definition) is 1. The molecule has 0 spiro atoms. The number of benzene rings is 1. The van der Waals surface area contributed by atoms with E-state index in [0.29, 0.717) is 12.2 Å². The SMILES string of the molecule is CCn1cc(CNC(=O)c2ccc(C)n(-c3cccc(C(F)(F)F)c3)c2=O)c(C)n1. The normalized spacial score (nSPS) is 11.5. The van der Waals surface area contributed by atoms with Gasteiger partial charge in [-0.15, -0.1) is 0 Å². The van der Waals surface area contributed by atoms with Gasteiger partial charge in [-0.05, 0) is 51.1 Å². The third kappa shape index (κ3) is 4.29. The Balaban J connectivity index is 1.92. The second-order valence-electron chi connectivity index (χ2n) is 6.86. The summed E-state index contributed by atoms with van der Waals surface area (Å²) in [6.45, 7) is 6.22. The molecule has 0 saturated carbocycles. The number of pyridine rings is 1. The molecule has 6 nitrogen and oxygen atoms in total. The van der Waals surface area contributed by atoms with Crippen LogP contribution in [0.3, 0.4) is 0 Å². The number of nitrogens with one attached hydrogen (secondary N) is 1. The van der Waals surface area contributed by atoms with Gasteiger partial charge in [-0.1, -0.05) is 6.07 Å². The lowest BCUT2D eigenvalue weighted by Crippen LogP contribution is -2.33. The van der Waals surface area contributed by atoms with Crippen LogP contribution < -0.4 is 10.9 Å². The number of halogens is 3. The van der Waals surface area contributed by atoms with Gasteiger partial charge < -0.3 is 5.32 Å². The smallest absolute Gasteiger partial charge is 0.348 e. The van der Waals surface area contributed by atoms with Gasteiger partial charge in [0, 0.05) is 36.2 Å². The molecule has 2 heterocycles. The van der Waals surface area contributed by atoms with Crippen LogP contribution >= 0.6 is 0 Å². The van der Waals surface area contributed by atoms with E-state index in [2.05, 4.69) is 10.4 Å². The lowest BCUT2D eigenvalue weighted by molar-refractivity contribution is -0.137. The molecular weight excluding hydrogens is 397 g/mol. The van der Waals surface area contributed by atoms with Crippen molar-refractivity contribution in [1.82, 2.24) is 19.7 Å². The standard InChI is InChI=1S/C21H21F3N4O2/c1-4-27-12-15(14(3)26-27)11-25-19(29)18-9-8-13(2)28(20(18)30)17-7-5-6-16(10-17)21(22,23)24/h5-10,12H,4,11H2,1-3H3,(H,25,29). The van der Waals surface area contributed by atoms with Gasteiger partial charge in [-0.2, -0.15) is 18.3 Å². The number of alkyl halides is 3. The van der Waals surface area contributed by atoms with Crippen LogP contribution in [-0.2, 0) is 19.3 Å². The van der Waals surface area contributed by atoms with Crippen LogP contribution in [0, 0.1) is 13.8 Å². The average molecular weight is 418 g/mol. The highest BCUT2D eigenvalue weighted by atomic mass is 19.4. The molecule has 0 radical (unpaired) electrons. The summed E-state index contributed by atoms with van der Waals surface area (Å²) < 4.78 is 42.0. The van der Waals surface area contributed by atoms with Crippen molar-refractivity contribution in [2.45, 2.75) is 40.0 Å². The fourth-order valence-electron chi connectivity index (χ4n) is 3.11. The fourth-order valence-corrected chi connectivity index (χ4v) is 3.11. The Morgan fingerprint density at radius 2 is 1.90 bits per heavy atom. The number of aryl methyl sites for hydroxylation is 3. The van der Waals surface area contributed by atoms with Gasteiger partial charge in [-0.3, -0.25) is 18.8 Å². The molecule has 0 unspecified atom stereocenters. The Morgan fingerprint density at radius 3 is 2.53 bits per heavy atom. The summed E-state index contributed by atoms with van der Waals surface area (Å²) in [6.07, 6.45) is -2.73.